The Bertz CT molecular complexity index is 348. The van der Waals surface area contributed by atoms with Gasteiger partial charge in [0.1, 0.15) is 11.6 Å². The molecule has 1 N–H and O–H groups in total. The van der Waals surface area contributed by atoms with E-state index in [0.717, 1.165) is 25.3 Å². The van der Waals surface area contributed by atoms with E-state index < -0.39 is 23.7 Å². The van der Waals surface area contributed by atoms with Gasteiger partial charge >= 0.3 is 6.18 Å². The summed E-state index contributed by atoms with van der Waals surface area (Å²) in [5.74, 6) is -1.07. The Balaban J connectivity index is 3.14. The predicted octanol–water partition coefficient (Wildman–Crippen LogP) is 2.43. The third-order valence-corrected chi connectivity index (χ3v) is 1.80. The molecule has 0 aromatic heterocycles. The number of methoxy groups -OCH3 is 1. The van der Waals surface area contributed by atoms with Crippen LogP contribution in [-0.2, 0) is 0 Å². The van der Waals surface area contributed by atoms with Crippen LogP contribution in [0.2, 0.25) is 0 Å². The first-order valence-corrected chi connectivity index (χ1v) is 3.94. The minimum atomic E-state index is -4.80. The quantitative estimate of drug-likeness (QED) is 0.782. The summed E-state index contributed by atoms with van der Waals surface area (Å²) < 4.78 is 53.7. The Kier molecular flexibility index (Phi) is 3.18. The molecule has 0 spiro atoms. The van der Waals surface area contributed by atoms with E-state index in [1.165, 1.54) is 0 Å². The van der Waals surface area contributed by atoms with Gasteiger partial charge in [-0.3, -0.25) is 0 Å². The molecule has 0 bridgehead atoms. The van der Waals surface area contributed by atoms with Gasteiger partial charge in [0.2, 0.25) is 0 Å². The maximum absolute atomic E-state index is 12.7. The summed E-state index contributed by atoms with van der Waals surface area (Å²) in [6.07, 6.45) is -7.47. The second-order valence-corrected chi connectivity index (χ2v) is 2.83. The zero-order chi connectivity index (χ0) is 11.6. The van der Waals surface area contributed by atoms with Crippen LogP contribution in [0.3, 0.4) is 0 Å². The van der Waals surface area contributed by atoms with E-state index in [9.17, 15) is 17.6 Å². The Morgan fingerprint density at radius 1 is 1.33 bits per heavy atom. The molecule has 2 nitrogen and oxygen atoms in total. The smallest absolute Gasteiger partial charge is 0.418 e. The molecule has 84 valence electrons. The molecule has 1 aromatic rings. The number of alkyl halides is 3. The van der Waals surface area contributed by atoms with Gasteiger partial charge in [-0.25, -0.2) is 4.39 Å². The van der Waals surface area contributed by atoms with E-state index in [-0.39, 0.29) is 5.75 Å². The average Bonchev–Trinajstić information content (AvgIpc) is 2.15. The summed E-state index contributed by atoms with van der Waals surface area (Å²) in [5.41, 5.74) is -0.508. The molecular formula is C9H8F4O2. The van der Waals surface area contributed by atoms with E-state index in [2.05, 4.69) is 4.74 Å². The van der Waals surface area contributed by atoms with E-state index in [4.69, 9.17) is 5.11 Å². The van der Waals surface area contributed by atoms with Crippen molar-refractivity contribution in [2.75, 3.05) is 7.11 Å². The second-order valence-electron chi connectivity index (χ2n) is 2.83. The van der Waals surface area contributed by atoms with Gasteiger partial charge < -0.3 is 9.84 Å². The fourth-order valence-electron chi connectivity index (χ4n) is 1.09. The molecular weight excluding hydrogens is 216 g/mol. The molecule has 0 saturated heterocycles. The standard InChI is InChI=1S/C9H8F4O2/c1-15-7-4-5(10)2-3-6(7)8(14)9(11,12)13/h2-4,8,14H,1H3/t8-/m0/s1. The molecule has 0 aliphatic heterocycles. The van der Waals surface area contributed by atoms with Crippen molar-refractivity contribution in [3.63, 3.8) is 0 Å². The highest BCUT2D eigenvalue weighted by atomic mass is 19.4. The van der Waals surface area contributed by atoms with Gasteiger partial charge in [-0.2, -0.15) is 13.2 Å². The van der Waals surface area contributed by atoms with Crippen LogP contribution < -0.4 is 4.74 Å². The highest BCUT2D eigenvalue weighted by molar-refractivity contribution is 5.36. The van der Waals surface area contributed by atoms with E-state index in [0.29, 0.717) is 0 Å². The summed E-state index contributed by atoms with van der Waals surface area (Å²) in [4.78, 5) is 0. The van der Waals surface area contributed by atoms with Crippen molar-refractivity contribution >= 4 is 0 Å². The number of hydrogen-bond acceptors (Lipinski definition) is 2. The maximum atomic E-state index is 12.7. The largest absolute Gasteiger partial charge is 0.496 e. The number of rotatable bonds is 2. The molecule has 0 saturated carbocycles. The first-order valence-electron chi connectivity index (χ1n) is 3.94. The lowest BCUT2D eigenvalue weighted by molar-refractivity contribution is -0.207. The Morgan fingerprint density at radius 2 is 1.93 bits per heavy atom. The van der Waals surface area contributed by atoms with Crippen molar-refractivity contribution in [2.45, 2.75) is 12.3 Å². The van der Waals surface area contributed by atoms with Crippen LogP contribution >= 0.6 is 0 Å². The van der Waals surface area contributed by atoms with Gasteiger partial charge in [-0.15, -0.1) is 0 Å². The average molecular weight is 224 g/mol. The highest BCUT2D eigenvalue weighted by Crippen LogP contribution is 2.37. The van der Waals surface area contributed by atoms with Crippen LogP contribution in [0.5, 0.6) is 5.75 Å². The molecule has 15 heavy (non-hydrogen) atoms. The normalized spacial score (nSPS) is 13.7. The van der Waals surface area contributed by atoms with Gasteiger partial charge in [-0.1, -0.05) is 0 Å². The second kappa shape index (κ2) is 4.06. The van der Waals surface area contributed by atoms with Crippen LogP contribution in [0.1, 0.15) is 11.7 Å². The molecule has 0 heterocycles. The fourth-order valence-corrected chi connectivity index (χ4v) is 1.09. The molecule has 0 aliphatic rings. The minimum absolute atomic E-state index is 0.333. The summed E-state index contributed by atoms with van der Waals surface area (Å²) >= 11 is 0. The van der Waals surface area contributed by atoms with Crippen molar-refractivity contribution in [3.8, 4) is 5.75 Å². The predicted molar refractivity (Wildman–Crippen MR) is 44.0 cm³/mol. The summed E-state index contributed by atoms with van der Waals surface area (Å²) in [7, 11) is 1.10. The molecule has 0 fully saturated rings. The van der Waals surface area contributed by atoms with Gasteiger partial charge in [0.15, 0.2) is 6.10 Å². The molecule has 1 atom stereocenters. The number of ether oxygens (including phenoxy) is 1. The van der Waals surface area contributed by atoms with Gasteiger partial charge in [0.05, 0.1) is 7.11 Å². The summed E-state index contributed by atoms with van der Waals surface area (Å²) in [6.45, 7) is 0. The van der Waals surface area contributed by atoms with E-state index >= 15 is 0 Å². The summed E-state index contributed by atoms with van der Waals surface area (Å²) in [6, 6.07) is 2.45. The van der Waals surface area contributed by atoms with E-state index in [1.807, 2.05) is 0 Å². The zero-order valence-electron chi connectivity index (χ0n) is 7.68. The fraction of sp³-hybridized carbons (Fsp3) is 0.333. The number of aliphatic hydroxyl groups excluding tert-OH is 1. The number of halogens is 4. The molecule has 0 aliphatic carbocycles. The van der Waals surface area contributed by atoms with Crippen LogP contribution in [0.25, 0.3) is 0 Å². The first-order chi connectivity index (χ1) is 6.86. The maximum Gasteiger partial charge on any atom is 0.418 e. The summed E-state index contributed by atoms with van der Waals surface area (Å²) in [5, 5.41) is 8.93. The Hall–Kier alpha value is -1.30. The third-order valence-electron chi connectivity index (χ3n) is 1.80. The van der Waals surface area contributed by atoms with Crippen molar-refractivity contribution in [3.05, 3.63) is 29.6 Å². The van der Waals surface area contributed by atoms with Crippen molar-refractivity contribution in [2.24, 2.45) is 0 Å². The van der Waals surface area contributed by atoms with Gasteiger partial charge in [0, 0.05) is 11.6 Å². The van der Waals surface area contributed by atoms with Crippen LogP contribution in [-0.4, -0.2) is 18.4 Å². The van der Waals surface area contributed by atoms with Gasteiger partial charge in [-0.05, 0) is 12.1 Å². The molecule has 0 unspecified atom stereocenters. The Labute approximate surface area is 83.1 Å². The van der Waals surface area contributed by atoms with Crippen molar-refractivity contribution in [1.29, 1.82) is 0 Å². The van der Waals surface area contributed by atoms with Crippen molar-refractivity contribution in [1.82, 2.24) is 0 Å². The highest BCUT2D eigenvalue weighted by Gasteiger charge is 2.40. The monoisotopic (exact) mass is 224 g/mol. The topological polar surface area (TPSA) is 29.5 Å². The lowest BCUT2D eigenvalue weighted by Crippen LogP contribution is -2.20. The number of benzene rings is 1. The Morgan fingerprint density at radius 3 is 2.40 bits per heavy atom. The van der Waals surface area contributed by atoms with Crippen LogP contribution in [0, 0.1) is 5.82 Å². The van der Waals surface area contributed by atoms with Gasteiger partial charge in [0.25, 0.3) is 0 Å². The number of aliphatic hydroxyl groups is 1. The zero-order valence-corrected chi connectivity index (χ0v) is 7.68. The lowest BCUT2D eigenvalue weighted by Gasteiger charge is -2.17. The lowest BCUT2D eigenvalue weighted by atomic mass is 10.1. The first kappa shape index (κ1) is 11.8. The molecule has 6 heteroatoms. The molecule has 0 amide bonds. The number of hydrogen-bond donors (Lipinski definition) is 1. The third kappa shape index (κ3) is 2.59. The molecule has 1 rings (SSSR count). The molecule has 1 aromatic carbocycles. The van der Waals surface area contributed by atoms with Crippen LogP contribution in [0.4, 0.5) is 17.6 Å². The van der Waals surface area contributed by atoms with E-state index in [1.54, 1.807) is 0 Å². The van der Waals surface area contributed by atoms with Crippen LogP contribution in [0.15, 0.2) is 18.2 Å². The minimum Gasteiger partial charge on any atom is -0.496 e. The van der Waals surface area contributed by atoms with Crippen molar-refractivity contribution < 1.29 is 27.4 Å². The SMILES string of the molecule is COc1cc(F)ccc1[C@H](O)C(F)(F)F. The molecule has 0 radical (unpaired) electrons.